The molecule has 2 aromatic rings. The Morgan fingerprint density at radius 2 is 1.96 bits per heavy atom. The van der Waals surface area contributed by atoms with Crippen LogP contribution in [0.15, 0.2) is 43.2 Å². The highest BCUT2D eigenvalue weighted by atomic mass is 16.5. The average Bonchev–Trinajstić information content (AvgIpc) is 2.69. The van der Waals surface area contributed by atoms with E-state index in [4.69, 9.17) is 4.74 Å². The van der Waals surface area contributed by atoms with E-state index in [1.54, 1.807) is 12.4 Å². The monoisotopic (exact) mass is 339 g/mol. The summed E-state index contributed by atoms with van der Waals surface area (Å²) in [5, 5.41) is 0. The van der Waals surface area contributed by atoms with Crippen molar-refractivity contribution in [3.8, 4) is 0 Å². The fraction of sp³-hybridized carbons (Fsp3) is 0.444. The van der Waals surface area contributed by atoms with Crippen LogP contribution in [0.2, 0.25) is 0 Å². The fourth-order valence-electron chi connectivity index (χ4n) is 3.64. The summed E-state index contributed by atoms with van der Waals surface area (Å²) in [5.41, 5.74) is 1.77. The number of fused-ring (bicyclic) bond motifs is 1. The molecule has 4 rings (SSSR count). The Balaban J connectivity index is 1.48. The van der Waals surface area contributed by atoms with Crippen molar-refractivity contribution in [1.29, 1.82) is 0 Å². The third-order valence-corrected chi connectivity index (χ3v) is 4.93. The van der Waals surface area contributed by atoms with Crippen molar-refractivity contribution in [3.05, 3.63) is 54.4 Å². The highest BCUT2D eigenvalue weighted by Gasteiger charge is 2.38. The Labute approximate surface area is 146 Å². The van der Waals surface area contributed by atoms with Gasteiger partial charge in [0.15, 0.2) is 0 Å². The topological polar surface area (TPSA) is 71.5 Å². The molecule has 2 saturated heterocycles. The van der Waals surface area contributed by atoms with Gasteiger partial charge < -0.3 is 9.64 Å². The van der Waals surface area contributed by atoms with Crippen molar-refractivity contribution in [2.45, 2.75) is 25.1 Å². The van der Waals surface area contributed by atoms with Gasteiger partial charge in [-0.3, -0.25) is 14.7 Å². The molecule has 2 aliphatic rings. The number of hydrogen-bond donors (Lipinski definition) is 0. The fourth-order valence-corrected chi connectivity index (χ4v) is 3.64. The Morgan fingerprint density at radius 3 is 2.76 bits per heavy atom. The van der Waals surface area contributed by atoms with E-state index in [2.05, 4.69) is 19.9 Å². The third kappa shape index (κ3) is 3.52. The van der Waals surface area contributed by atoms with Gasteiger partial charge in [-0.15, -0.1) is 0 Å². The molecular formula is C18H21N5O2. The van der Waals surface area contributed by atoms with Crippen molar-refractivity contribution in [1.82, 2.24) is 24.8 Å². The lowest BCUT2D eigenvalue weighted by atomic mass is 9.97. The van der Waals surface area contributed by atoms with Crippen molar-refractivity contribution < 1.29 is 9.53 Å². The Kier molecular flexibility index (Phi) is 4.67. The van der Waals surface area contributed by atoms with E-state index in [1.807, 2.05) is 29.4 Å². The Hall–Kier alpha value is -2.38. The summed E-state index contributed by atoms with van der Waals surface area (Å²) in [6.07, 6.45) is 9.28. The summed E-state index contributed by atoms with van der Waals surface area (Å²) >= 11 is 0. The molecule has 0 N–H and O–H groups in total. The Bertz CT molecular complexity index is 712. The second-order valence-electron chi connectivity index (χ2n) is 6.47. The summed E-state index contributed by atoms with van der Waals surface area (Å²) in [7, 11) is 0. The first-order chi connectivity index (χ1) is 12.3. The van der Waals surface area contributed by atoms with Gasteiger partial charge in [0.25, 0.3) is 5.91 Å². The standard InChI is InChI=1S/C18H21N5O2/c24-18(15-9-20-13-21-10-15)23-6-3-17-16(12-23)22(7-8-25-17)11-14-1-4-19-5-2-14/h1-2,4-5,9-10,13,16-17H,3,6-8,11-12H2/t16-,17-/m0/s1. The average molecular weight is 339 g/mol. The number of rotatable bonds is 3. The predicted molar refractivity (Wildman–Crippen MR) is 90.7 cm³/mol. The zero-order chi connectivity index (χ0) is 17.1. The highest BCUT2D eigenvalue weighted by molar-refractivity contribution is 5.93. The zero-order valence-corrected chi connectivity index (χ0v) is 14.0. The number of nitrogens with zero attached hydrogens (tertiary/aromatic N) is 5. The van der Waals surface area contributed by atoms with Crippen LogP contribution in [-0.4, -0.2) is 69.0 Å². The van der Waals surface area contributed by atoms with Crippen LogP contribution in [-0.2, 0) is 11.3 Å². The first kappa shape index (κ1) is 16.1. The molecule has 130 valence electrons. The molecule has 0 aromatic carbocycles. The Morgan fingerprint density at radius 1 is 1.16 bits per heavy atom. The first-order valence-electron chi connectivity index (χ1n) is 8.60. The number of morpholine rings is 1. The molecule has 0 saturated carbocycles. The number of carbonyl (C=O) groups excluding carboxylic acids is 1. The molecule has 0 unspecified atom stereocenters. The van der Waals surface area contributed by atoms with E-state index < -0.39 is 0 Å². The maximum atomic E-state index is 12.7. The van der Waals surface area contributed by atoms with Gasteiger partial charge in [-0.05, 0) is 24.1 Å². The first-order valence-corrected chi connectivity index (χ1v) is 8.60. The number of ether oxygens (including phenoxy) is 1. The third-order valence-electron chi connectivity index (χ3n) is 4.93. The number of piperidine rings is 1. The van der Waals surface area contributed by atoms with Gasteiger partial charge in [0.2, 0.25) is 0 Å². The van der Waals surface area contributed by atoms with E-state index >= 15 is 0 Å². The molecule has 0 bridgehead atoms. The summed E-state index contributed by atoms with van der Waals surface area (Å²) in [5.74, 6) is -0.00603. The van der Waals surface area contributed by atoms with Gasteiger partial charge in [0, 0.05) is 51.0 Å². The minimum absolute atomic E-state index is 0.00603. The lowest BCUT2D eigenvalue weighted by molar-refractivity contribution is -0.101. The van der Waals surface area contributed by atoms with Crippen molar-refractivity contribution in [2.24, 2.45) is 0 Å². The van der Waals surface area contributed by atoms with Crippen molar-refractivity contribution >= 4 is 5.91 Å². The number of amides is 1. The van der Waals surface area contributed by atoms with Crippen LogP contribution >= 0.6 is 0 Å². The molecule has 0 radical (unpaired) electrons. The molecule has 4 heterocycles. The molecule has 1 amide bonds. The number of aromatic nitrogens is 3. The van der Waals surface area contributed by atoms with E-state index in [-0.39, 0.29) is 18.1 Å². The lowest BCUT2D eigenvalue weighted by Crippen LogP contribution is -2.60. The van der Waals surface area contributed by atoms with Gasteiger partial charge in [0.05, 0.1) is 24.3 Å². The van der Waals surface area contributed by atoms with Crippen LogP contribution in [0.3, 0.4) is 0 Å². The normalized spacial score (nSPS) is 23.9. The lowest BCUT2D eigenvalue weighted by Gasteiger charge is -2.47. The van der Waals surface area contributed by atoms with Crippen LogP contribution in [0.5, 0.6) is 0 Å². The van der Waals surface area contributed by atoms with Crippen LogP contribution in [0.4, 0.5) is 0 Å². The minimum atomic E-state index is -0.00603. The van der Waals surface area contributed by atoms with Gasteiger partial charge in [0.1, 0.15) is 6.33 Å². The quantitative estimate of drug-likeness (QED) is 0.830. The number of carbonyl (C=O) groups is 1. The van der Waals surface area contributed by atoms with Crippen LogP contribution in [0, 0.1) is 0 Å². The van der Waals surface area contributed by atoms with E-state index in [0.717, 1.165) is 26.1 Å². The summed E-state index contributed by atoms with van der Waals surface area (Å²) in [6.45, 7) is 3.84. The van der Waals surface area contributed by atoms with Crippen molar-refractivity contribution in [2.75, 3.05) is 26.2 Å². The van der Waals surface area contributed by atoms with Gasteiger partial charge in [-0.25, -0.2) is 9.97 Å². The van der Waals surface area contributed by atoms with E-state index in [1.165, 1.54) is 11.9 Å². The molecular weight excluding hydrogens is 318 g/mol. The molecule has 0 aliphatic carbocycles. The molecule has 2 atom stereocenters. The number of likely N-dealkylation sites (tertiary alicyclic amines) is 1. The molecule has 2 aliphatic heterocycles. The molecule has 7 nitrogen and oxygen atoms in total. The maximum Gasteiger partial charge on any atom is 0.257 e. The minimum Gasteiger partial charge on any atom is -0.375 e. The second kappa shape index (κ2) is 7.25. The summed E-state index contributed by atoms with van der Waals surface area (Å²) < 4.78 is 5.97. The van der Waals surface area contributed by atoms with E-state index in [0.29, 0.717) is 18.7 Å². The second-order valence-corrected chi connectivity index (χ2v) is 6.47. The largest absolute Gasteiger partial charge is 0.375 e. The van der Waals surface area contributed by atoms with Crippen LogP contribution < -0.4 is 0 Å². The van der Waals surface area contributed by atoms with Crippen molar-refractivity contribution in [3.63, 3.8) is 0 Å². The predicted octanol–water partition coefficient (Wildman–Crippen LogP) is 0.987. The zero-order valence-electron chi connectivity index (χ0n) is 14.0. The molecule has 7 heteroatoms. The summed E-state index contributed by atoms with van der Waals surface area (Å²) in [4.78, 5) is 29.0. The van der Waals surface area contributed by atoms with Gasteiger partial charge >= 0.3 is 0 Å². The molecule has 0 spiro atoms. The maximum absolute atomic E-state index is 12.7. The van der Waals surface area contributed by atoms with Crippen LogP contribution in [0.25, 0.3) is 0 Å². The molecule has 2 fully saturated rings. The van der Waals surface area contributed by atoms with E-state index in [9.17, 15) is 4.79 Å². The van der Waals surface area contributed by atoms with Crippen LogP contribution in [0.1, 0.15) is 22.3 Å². The SMILES string of the molecule is O=C(c1cncnc1)N1CC[C@@H]2OCCN(Cc3ccncc3)[C@H]2C1. The number of pyridine rings is 1. The smallest absolute Gasteiger partial charge is 0.257 e. The number of hydrogen-bond acceptors (Lipinski definition) is 6. The molecule has 25 heavy (non-hydrogen) atoms. The van der Waals surface area contributed by atoms with Gasteiger partial charge in [-0.2, -0.15) is 0 Å². The molecule has 2 aromatic heterocycles. The highest BCUT2D eigenvalue weighted by Crippen LogP contribution is 2.25. The van der Waals surface area contributed by atoms with Gasteiger partial charge in [-0.1, -0.05) is 0 Å². The summed E-state index contributed by atoms with van der Waals surface area (Å²) in [6, 6.07) is 4.29.